The number of pyridine rings is 1. The Bertz CT molecular complexity index is 1280. The van der Waals surface area contributed by atoms with Crippen LogP contribution in [0.15, 0.2) is 41.4 Å². The number of isothiocyanates is 1. The highest BCUT2D eigenvalue weighted by Gasteiger charge is 2.31. The fraction of sp³-hybridized carbons (Fsp3) is 0.280. The average molecular weight is 513 g/mol. The average Bonchev–Trinajstić information content (AvgIpc) is 2.87. The van der Waals surface area contributed by atoms with Crippen molar-refractivity contribution in [3.8, 4) is 28.4 Å². The molecule has 188 valence electrons. The molecule has 2 aromatic rings. The summed E-state index contributed by atoms with van der Waals surface area (Å²) in [5.74, 6) is -1.79. The van der Waals surface area contributed by atoms with Crippen molar-refractivity contribution in [2.24, 2.45) is 4.99 Å². The Kier molecular flexibility index (Phi) is 8.21. The molecular formula is C25H24N2O8S. The van der Waals surface area contributed by atoms with Crippen molar-refractivity contribution < 1.29 is 38.7 Å². The van der Waals surface area contributed by atoms with E-state index in [2.05, 4.69) is 15.1 Å². The first-order valence-corrected chi connectivity index (χ1v) is 11.1. The van der Waals surface area contributed by atoms with Crippen LogP contribution in [0.25, 0.3) is 16.7 Å². The fourth-order valence-electron chi connectivity index (χ4n) is 3.93. The van der Waals surface area contributed by atoms with Crippen LogP contribution >= 0.6 is 12.2 Å². The SMILES string of the molecule is CCOC1(N=C=S)C=CC(c2c(OC)cc(OC)c(-c3cc(C(=O)O)nc(C(=O)O)c3)c2OC)=CC1. The van der Waals surface area contributed by atoms with Crippen molar-refractivity contribution in [2.45, 2.75) is 19.1 Å². The highest BCUT2D eigenvalue weighted by Crippen LogP contribution is 2.49. The lowest BCUT2D eigenvalue weighted by molar-refractivity contribution is 0.00858. The van der Waals surface area contributed by atoms with Crippen molar-refractivity contribution in [1.29, 1.82) is 0 Å². The van der Waals surface area contributed by atoms with Crippen LogP contribution in [0.2, 0.25) is 0 Å². The highest BCUT2D eigenvalue weighted by molar-refractivity contribution is 7.78. The van der Waals surface area contributed by atoms with Gasteiger partial charge >= 0.3 is 11.9 Å². The third-order valence-electron chi connectivity index (χ3n) is 5.46. The minimum absolute atomic E-state index is 0.228. The Morgan fingerprint density at radius 2 is 1.67 bits per heavy atom. The minimum Gasteiger partial charge on any atom is -0.496 e. The number of thiocarbonyl (C=S) groups is 1. The topological polar surface area (TPSA) is 137 Å². The van der Waals surface area contributed by atoms with Crippen LogP contribution < -0.4 is 14.2 Å². The zero-order chi connectivity index (χ0) is 26.5. The van der Waals surface area contributed by atoms with Crippen LogP contribution in [0.4, 0.5) is 0 Å². The summed E-state index contributed by atoms with van der Waals surface area (Å²) in [6.07, 6.45) is 5.77. The number of allylic oxidation sites excluding steroid dienone is 2. The fourth-order valence-corrected chi connectivity index (χ4v) is 4.08. The maximum absolute atomic E-state index is 11.7. The van der Waals surface area contributed by atoms with Gasteiger partial charge in [0.2, 0.25) is 0 Å². The molecule has 1 atom stereocenters. The number of hydrogen-bond donors (Lipinski definition) is 2. The van der Waals surface area contributed by atoms with E-state index in [4.69, 9.17) is 31.2 Å². The molecule has 0 saturated heterocycles. The number of ether oxygens (including phenoxy) is 4. The second-order valence-corrected chi connectivity index (χ2v) is 7.66. The molecule has 0 spiro atoms. The zero-order valence-corrected chi connectivity index (χ0v) is 20.8. The van der Waals surface area contributed by atoms with Crippen LogP contribution in [-0.2, 0) is 4.74 Å². The van der Waals surface area contributed by atoms with Crippen molar-refractivity contribution in [1.82, 2.24) is 4.98 Å². The lowest BCUT2D eigenvalue weighted by Gasteiger charge is -2.28. The van der Waals surface area contributed by atoms with Gasteiger partial charge in [-0.3, -0.25) is 0 Å². The predicted octanol–water partition coefficient (Wildman–Crippen LogP) is 4.35. The summed E-state index contributed by atoms with van der Waals surface area (Å²) in [5, 5.41) is 21.4. The number of nitrogens with zero attached hydrogens (tertiary/aromatic N) is 2. The quantitative estimate of drug-likeness (QED) is 0.349. The number of aliphatic imine (C=N–C) groups is 1. The molecule has 0 radical (unpaired) electrons. The number of aromatic nitrogens is 1. The summed E-state index contributed by atoms with van der Waals surface area (Å²) in [7, 11) is 4.35. The molecular weight excluding hydrogens is 488 g/mol. The summed E-state index contributed by atoms with van der Waals surface area (Å²) in [6, 6.07) is 4.12. The monoisotopic (exact) mass is 512 g/mol. The van der Waals surface area contributed by atoms with Crippen molar-refractivity contribution >= 4 is 34.9 Å². The van der Waals surface area contributed by atoms with Crippen LogP contribution in [0.1, 0.15) is 39.9 Å². The van der Waals surface area contributed by atoms with Gasteiger partial charge < -0.3 is 29.2 Å². The normalized spacial score (nSPS) is 16.5. The second kappa shape index (κ2) is 11.1. The van der Waals surface area contributed by atoms with Gasteiger partial charge in [0, 0.05) is 19.1 Å². The van der Waals surface area contributed by atoms with Crippen molar-refractivity contribution in [3.05, 3.63) is 53.4 Å². The number of carboxylic acid groups (broad SMARTS) is 2. The molecule has 1 aliphatic carbocycles. The lowest BCUT2D eigenvalue weighted by atomic mass is 9.90. The van der Waals surface area contributed by atoms with Gasteiger partial charge in [0.25, 0.3) is 0 Å². The maximum atomic E-state index is 11.7. The second-order valence-electron chi connectivity index (χ2n) is 7.48. The number of hydrogen-bond acceptors (Lipinski definition) is 9. The number of carbonyl (C=O) groups is 2. The molecule has 3 rings (SSSR count). The van der Waals surface area contributed by atoms with Crippen molar-refractivity contribution in [2.75, 3.05) is 27.9 Å². The number of carboxylic acids is 2. The minimum atomic E-state index is -1.38. The van der Waals surface area contributed by atoms with E-state index in [1.54, 1.807) is 18.2 Å². The van der Waals surface area contributed by atoms with Gasteiger partial charge in [-0.05, 0) is 48.5 Å². The molecule has 0 aliphatic heterocycles. The first-order chi connectivity index (χ1) is 17.2. The number of aromatic carboxylic acids is 2. The summed E-state index contributed by atoms with van der Waals surface area (Å²) in [6.45, 7) is 2.26. The van der Waals surface area contributed by atoms with Gasteiger partial charge in [0.1, 0.15) is 28.6 Å². The Morgan fingerprint density at radius 3 is 2.11 bits per heavy atom. The first kappa shape index (κ1) is 26.6. The number of methoxy groups -OCH3 is 3. The Hall–Kier alpha value is -4.05. The summed E-state index contributed by atoms with van der Waals surface area (Å²) >= 11 is 4.78. The first-order valence-electron chi connectivity index (χ1n) is 10.7. The van der Waals surface area contributed by atoms with Gasteiger partial charge in [0.15, 0.2) is 5.72 Å². The van der Waals surface area contributed by atoms with E-state index < -0.39 is 29.1 Å². The van der Waals surface area contributed by atoms with Gasteiger partial charge in [-0.1, -0.05) is 12.2 Å². The molecule has 0 amide bonds. The Morgan fingerprint density at radius 1 is 1.06 bits per heavy atom. The zero-order valence-electron chi connectivity index (χ0n) is 20.0. The van der Waals surface area contributed by atoms with Crippen molar-refractivity contribution in [3.63, 3.8) is 0 Å². The van der Waals surface area contributed by atoms with Crippen LogP contribution in [0, 0.1) is 0 Å². The van der Waals surface area contributed by atoms with E-state index in [9.17, 15) is 19.8 Å². The molecule has 0 saturated carbocycles. The maximum Gasteiger partial charge on any atom is 0.354 e. The molecule has 1 heterocycles. The van der Waals surface area contributed by atoms with E-state index in [1.807, 2.05) is 13.0 Å². The predicted molar refractivity (Wildman–Crippen MR) is 134 cm³/mol. The van der Waals surface area contributed by atoms with E-state index in [0.717, 1.165) is 0 Å². The molecule has 2 N–H and O–H groups in total. The molecule has 1 aliphatic rings. The van der Waals surface area contributed by atoms with E-state index >= 15 is 0 Å². The van der Waals surface area contributed by atoms with Gasteiger partial charge in [-0.2, -0.15) is 4.99 Å². The lowest BCUT2D eigenvalue weighted by Crippen LogP contribution is -2.28. The standard InChI is InChI=1S/C25H24N2O8S/c1-5-35-25(26-13-36)8-6-14(7-9-25)20-18(32-2)12-19(33-3)21(22(20)34-4)15-10-16(23(28)29)27-17(11-15)24(30)31/h6-8,10-12H,5,9H2,1-4H3,(H,28,29)(H,30,31). The smallest absolute Gasteiger partial charge is 0.354 e. The third kappa shape index (κ3) is 5.13. The molecule has 0 fully saturated rings. The molecule has 1 unspecified atom stereocenters. The van der Waals surface area contributed by atoms with Gasteiger partial charge in [-0.15, -0.1) is 0 Å². The molecule has 11 heteroatoms. The molecule has 0 bridgehead atoms. The van der Waals surface area contributed by atoms with Crippen LogP contribution in [0.5, 0.6) is 17.2 Å². The Labute approximate surface area is 212 Å². The molecule has 36 heavy (non-hydrogen) atoms. The molecule has 1 aromatic heterocycles. The van der Waals surface area contributed by atoms with Gasteiger partial charge in [-0.25, -0.2) is 14.6 Å². The Balaban J connectivity index is 2.31. The van der Waals surface area contributed by atoms with Crippen LogP contribution in [0.3, 0.4) is 0 Å². The third-order valence-corrected chi connectivity index (χ3v) is 5.55. The summed E-state index contributed by atoms with van der Waals surface area (Å²) in [4.78, 5) is 31.2. The highest BCUT2D eigenvalue weighted by atomic mass is 32.1. The molecule has 1 aromatic carbocycles. The van der Waals surface area contributed by atoms with Gasteiger partial charge in [0.05, 0.1) is 37.6 Å². The van der Waals surface area contributed by atoms with Crippen LogP contribution in [-0.4, -0.2) is 66.0 Å². The number of benzene rings is 1. The largest absolute Gasteiger partial charge is 0.496 e. The van der Waals surface area contributed by atoms with E-state index in [0.29, 0.717) is 35.5 Å². The van der Waals surface area contributed by atoms with E-state index in [-0.39, 0.29) is 17.1 Å². The summed E-state index contributed by atoms with van der Waals surface area (Å²) < 4.78 is 22.7. The summed E-state index contributed by atoms with van der Waals surface area (Å²) in [5.41, 5.74) is -0.0659. The number of rotatable bonds is 10. The van der Waals surface area contributed by atoms with E-state index in [1.165, 1.54) is 33.5 Å². The molecule has 10 nitrogen and oxygen atoms in total.